The molecule has 0 aromatic carbocycles. The lowest BCUT2D eigenvalue weighted by molar-refractivity contribution is -0.119. The Balaban J connectivity index is 2.28. The molecule has 0 saturated carbocycles. The number of nitrogens with zero attached hydrogens (tertiary/aromatic N) is 6. The van der Waals surface area contributed by atoms with Gasteiger partial charge in [0.05, 0.1) is 0 Å². The van der Waals surface area contributed by atoms with Crippen molar-refractivity contribution in [3.63, 3.8) is 0 Å². The van der Waals surface area contributed by atoms with Crippen molar-refractivity contribution >= 4 is 23.1 Å². The van der Waals surface area contributed by atoms with E-state index in [1.54, 1.807) is 0 Å². The molecule has 0 aliphatic carbocycles. The number of aromatic nitrogens is 5. The van der Waals surface area contributed by atoms with Crippen LogP contribution < -0.4 is 4.90 Å². The maximum Gasteiger partial charge on any atom is 0.405 e. The molecule has 2 heterocycles. The van der Waals surface area contributed by atoms with Gasteiger partial charge in [0.1, 0.15) is 6.54 Å². The first kappa shape index (κ1) is 12.8. The number of tetrazole rings is 1. The van der Waals surface area contributed by atoms with E-state index >= 15 is 0 Å². The molecule has 0 aliphatic heterocycles. The number of fused-ring (bicyclic) bond motifs is 1. The molecule has 0 atom stereocenters. The van der Waals surface area contributed by atoms with Gasteiger partial charge in [-0.2, -0.15) is 13.2 Å². The van der Waals surface area contributed by atoms with Crippen LogP contribution >= 0.6 is 11.6 Å². The van der Waals surface area contributed by atoms with Crippen molar-refractivity contribution in [2.75, 3.05) is 23.9 Å². The molecule has 0 unspecified atom stereocenters. The summed E-state index contributed by atoms with van der Waals surface area (Å²) < 4.78 is 38.3. The molecule has 2 aromatic rings. The summed E-state index contributed by atoms with van der Waals surface area (Å²) in [6.07, 6.45) is -4.33. The summed E-state index contributed by atoms with van der Waals surface area (Å²) in [6, 6.07) is 2.91. The van der Waals surface area contributed by atoms with Gasteiger partial charge in [0.2, 0.25) is 0 Å². The third kappa shape index (κ3) is 2.97. The molecule has 0 saturated heterocycles. The quantitative estimate of drug-likeness (QED) is 0.786. The maximum atomic E-state index is 12.4. The predicted octanol–water partition coefficient (Wildman–Crippen LogP) is 1.13. The molecule has 0 bridgehead atoms. The van der Waals surface area contributed by atoms with Gasteiger partial charge in [0.25, 0.3) is 0 Å². The highest BCUT2D eigenvalue weighted by Crippen LogP contribution is 2.20. The Labute approximate surface area is 104 Å². The monoisotopic (exact) mass is 280 g/mol. The van der Waals surface area contributed by atoms with E-state index in [0.717, 1.165) is 9.53 Å². The van der Waals surface area contributed by atoms with Gasteiger partial charge in [0.15, 0.2) is 11.5 Å². The number of alkyl halides is 4. The van der Waals surface area contributed by atoms with Crippen LogP contribution in [0.1, 0.15) is 0 Å². The standard InChI is InChI=1S/C8H8ClF3N6/c9-3-4-17(5-8(10,11)12)7-2-1-6-13-15-16-18(6)14-7/h1-2H,3-5H2. The van der Waals surface area contributed by atoms with E-state index in [1.165, 1.54) is 12.1 Å². The summed E-state index contributed by atoms with van der Waals surface area (Å²) in [4.78, 5) is 1.02. The lowest BCUT2D eigenvalue weighted by atomic mass is 10.4. The Morgan fingerprint density at radius 3 is 2.78 bits per heavy atom. The fourth-order valence-electron chi connectivity index (χ4n) is 1.40. The first-order valence-electron chi connectivity index (χ1n) is 4.93. The molecule has 10 heteroatoms. The molecular formula is C8H8ClF3N6. The smallest absolute Gasteiger partial charge is 0.345 e. The second-order valence-electron chi connectivity index (χ2n) is 3.44. The van der Waals surface area contributed by atoms with Gasteiger partial charge in [0, 0.05) is 12.4 Å². The topological polar surface area (TPSA) is 59.2 Å². The molecule has 18 heavy (non-hydrogen) atoms. The summed E-state index contributed by atoms with van der Waals surface area (Å²) in [7, 11) is 0. The molecule has 2 rings (SSSR count). The summed E-state index contributed by atoms with van der Waals surface area (Å²) in [5.41, 5.74) is 0.358. The number of rotatable bonds is 4. The van der Waals surface area contributed by atoms with E-state index in [0.29, 0.717) is 5.65 Å². The van der Waals surface area contributed by atoms with Crippen molar-refractivity contribution in [1.82, 2.24) is 25.3 Å². The summed E-state index contributed by atoms with van der Waals surface area (Å²) in [5, 5.41) is 14.4. The Bertz CT molecular complexity index is 527. The van der Waals surface area contributed by atoms with Gasteiger partial charge in [-0.1, -0.05) is 0 Å². The van der Waals surface area contributed by atoms with Crippen molar-refractivity contribution < 1.29 is 13.2 Å². The Hall–Kier alpha value is -1.64. The Morgan fingerprint density at radius 1 is 1.33 bits per heavy atom. The molecule has 98 valence electrons. The highest BCUT2D eigenvalue weighted by atomic mass is 35.5. The minimum atomic E-state index is -4.33. The van der Waals surface area contributed by atoms with E-state index < -0.39 is 12.7 Å². The minimum Gasteiger partial charge on any atom is -0.345 e. The van der Waals surface area contributed by atoms with Crippen molar-refractivity contribution in [3.8, 4) is 0 Å². The van der Waals surface area contributed by atoms with Gasteiger partial charge >= 0.3 is 6.18 Å². The van der Waals surface area contributed by atoms with Gasteiger partial charge in [-0.05, 0) is 22.6 Å². The van der Waals surface area contributed by atoms with E-state index in [9.17, 15) is 13.2 Å². The van der Waals surface area contributed by atoms with Crippen LogP contribution in [0.15, 0.2) is 12.1 Å². The van der Waals surface area contributed by atoms with Crippen LogP contribution in [-0.4, -0.2) is 50.4 Å². The highest BCUT2D eigenvalue weighted by Gasteiger charge is 2.31. The SMILES string of the molecule is FC(F)(F)CN(CCCl)c1ccc2nnnn2n1. The van der Waals surface area contributed by atoms with E-state index in [2.05, 4.69) is 20.6 Å². The van der Waals surface area contributed by atoms with Crippen molar-refractivity contribution in [3.05, 3.63) is 12.1 Å². The summed E-state index contributed by atoms with van der Waals surface area (Å²) in [5.74, 6) is 0.179. The number of halogens is 4. The number of anilines is 1. The molecule has 0 spiro atoms. The van der Waals surface area contributed by atoms with E-state index in [-0.39, 0.29) is 18.2 Å². The summed E-state index contributed by atoms with van der Waals surface area (Å²) in [6.45, 7) is -1.10. The van der Waals surface area contributed by atoms with Gasteiger partial charge < -0.3 is 4.90 Å². The zero-order valence-corrected chi connectivity index (χ0v) is 9.73. The zero-order chi connectivity index (χ0) is 13.2. The predicted molar refractivity (Wildman–Crippen MR) is 57.6 cm³/mol. The van der Waals surface area contributed by atoms with Crippen LogP contribution in [0.25, 0.3) is 5.65 Å². The fraction of sp³-hybridized carbons (Fsp3) is 0.500. The van der Waals surface area contributed by atoms with Crippen LogP contribution in [0.3, 0.4) is 0 Å². The zero-order valence-electron chi connectivity index (χ0n) is 8.97. The number of hydrogen-bond donors (Lipinski definition) is 0. The van der Waals surface area contributed by atoms with Crippen molar-refractivity contribution in [1.29, 1.82) is 0 Å². The maximum absolute atomic E-state index is 12.4. The third-order valence-corrected chi connectivity index (χ3v) is 2.27. The lowest BCUT2D eigenvalue weighted by Crippen LogP contribution is -2.36. The van der Waals surface area contributed by atoms with Crippen molar-refractivity contribution in [2.45, 2.75) is 6.18 Å². The summed E-state index contributed by atoms with van der Waals surface area (Å²) >= 11 is 5.49. The molecule has 0 N–H and O–H groups in total. The molecule has 0 aliphatic rings. The molecule has 0 fully saturated rings. The fourth-order valence-corrected chi connectivity index (χ4v) is 1.61. The molecule has 0 amide bonds. The van der Waals surface area contributed by atoms with Crippen LogP contribution in [-0.2, 0) is 0 Å². The molecule has 0 radical (unpaired) electrons. The largest absolute Gasteiger partial charge is 0.405 e. The third-order valence-electron chi connectivity index (χ3n) is 2.10. The molecular weight excluding hydrogens is 273 g/mol. The Morgan fingerprint density at radius 2 is 2.11 bits per heavy atom. The van der Waals surface area contributed by atoms with Crippen molar-refractivity contribution in [2.24, 2.45) is 0 Å². The van der Waals surface area contributed by atoms with E-state index in [4.69, 9.17) is 11.6 Å². The Kier molecular flexibility index (Phi) is 3.50. The van der Waals surface area contributed by atoms with Crippen LogP contribution in [0.5, 0.6) is 0 Å². The van der Waals surface area contributed by atoms with Crippen LogP contribution in [0.4, 0.5) is 19.0 Å². The minimum absolute atomic E-state index is 0.0295. The van der Waals surface area contributed by atoms with Crippen LogP contribution in [0, 0.1) is 0 Å². The highest BCUT2D eigenvalue weighted by molar-refractivity contribution is 6.18. The van der Waals surface area contributed by atoms with E-state index in [1.807, 2.05) is 0 Å². The lowest BCUT2D eigenvalue weighted by Gasteiger charge is -2.23. The van der Waals surface area contributed by atoms with Gasteiger partial charge in [-0.15, -0.1) is 26.4 Å². The van der Waals surface area contributed by atoms with Gasteiger partial charge in [-0.3, -0.25) is 0 Å². The second-order valence-corrected chi connectivity index (χ2v) is 3.82. The molecule has 2 aromatic heterocycles. The number of hydrogen-bond acceptors (Lipinski definition) is 5. The van der Waals surface area contributed by atoms with Crippen LogP contribution in [0.2, 0.25) is 0 Å². The second kappa shape index (κ2) is 4.92. The molecule has 6 nitrogen and oxygen atoms in total. The average Bonchev–Trinajstić information content (AvgIpc) is 2.73. The normalized spacial score (nSPS) is 12.0. The first-order valence-corrected chi connectivity index (χ1v) is 5.46. The van der Waals surface area contributed by atoms with Gasteiger partial charge in [-0.25, -0.2) is 0 Å². The average molecular weight is 281 g/mol. The first-order chi connectivity index (χ1) is 8.49.